The van der Waals surface area contributed by atoms with Crippen molar-refractivity contribution in [3.63, 3.8) is 0 Å². The van der Waals surface area contributed by atoms with Crippen LogP contribution < -0.4 is 4.74 Å². The molecule has 0 aliphatic heterocycles. The fraction of sp³-hybridized carbons (Fsp3) is 0.250. The van der Waals surface area contributed by atoms with Crippen LogP contribution >= 0.6 is 0 Å². The van der Waals surface area contributed by atoms with E-state index in [1.807, 2.05) is 37.3 Å². The number of hydrogen-bond donors (Lipinski definition) is 1. The van der Waals surface area contributed by atoms with Crippen molar-refractivity contribution in [2.45, 2.75) is 20.1 Å². The number of rotatable bonds is 4. The highest BCUT2D eigenvalue weighted by Crippen LogP contribution is 2.14. The first-order valence-corrected chi connectivity index (χ1v) is 5.03. The molecule has 84 valence electrons. The van der Waals surface area contributed by atoms with E-state index in [1.165, 1.54) is 0 Å². The number of hydrogen-bond acceptors (Lipinski definition) is 4. The molecule has 1 N–H and O–H groups in total. The van der Waals surface area contributed by atoms with E-state index in [9.17, 15) is 0 Å². The molecule has 0 bridgehead atoms. The summed E-state index contributed by atoms with van der Waals surface area (Å²) in [4.78, 5) is 0. The Morgan fingerprint density at radius 1 is 1.31 bits per heavy atom. The second kappa shape index (κ2) is 4.81. The molecule has 0 unspecified atom stereocenters. The fourth-order valence-electron chi connectivity index (χ4n) is 1.33. The zero-order valence-electron chi connectivity index (χ0n) is 9.01. The van der Waals surface area contributed by atoms with Gasteiger partial charge in [0.25, 0.3) is 0 Å². The highest BCUT2D eigenvalue weighted by atomic mass is 16.5. The summed E-state index contributed by atoms with van der Waals surface area (Å²) in [5, 5.41) is 12.6. The predicted octanol–water partition coefficient (Wildman–Crippen LogP) is 2.05. The average molecular weight is 219 g/mol. The lowest BCUT2D eigenvalue weighted by Gasteiger charge is -2.03. The molecule has 0 aliphatic carbocycles. The standard InChI is InChI=1S/C12H13NO3/c1-9-6-12(16-13-9)8-15-11-4-2-10(7-14)3-5-11/h2-6,14H,7-8H2,1H3. The largest absolute Gasteiger partial charge is 0.486 e. The third-order valence-electron chi connectivity index (χ3n) is 2.16. The molecule has 0 radical (unpaired) electrons. The van der Waals surface area contributed by atoms with Crippen molar-refractivity contribution in [3.05, 3.63) is 47.3 Å². The van der Waals surface area contributed by atoms with Crippen molar-refractivity contribution in [3.8, 4) is 5.75 Å². The average Bonchev–Trinajstić information content (AvgIpc) is 2.73. The molecule has 0 fully saturated rings. The van der Waals surface area contributed by atoms with Crippen molar-refractivity contribution in [2.75, 3.05) is 0 Å². The number of ether oxygens (including phenoxy) is 1. The van der Waals surface area contributed by atoms with Crippen molar-refractivity contribution < 1.29 is 14.4 Å². The Labute approximate surface area is 93.5 Å². The molecule has 16 heavy (non-hydrogen) atoms. The summed E-state index contributed by atoms with van der Waals surface area (Å²) in [6, 6.07) is 9.10. The maximum absolute atomic E-state index is 8.88. The highest BCUT2D eigenvalue weighted by Gasteiger charge is 2.01. The Kier molecular flexibility index (Phi) is 3.22. The quantitative estimate of drug-likeness (QED) is 0.855. The number of benzene rings is 1. The van der Waals surface area contributed by atoms with E-state index in [1.54, 1.807) is 0 Å². The first kappa shape index (κ1) is 10.7. The van der Waals surface area contributed by atoms with Crippen LogP contribution in [0.3, 0.4) is 0 Å². The van der Waals surface area contributed by atoms with Crippen LogP contribution in [-0.2, 0) is 13.2 Å². The summed E-state index contributed by atoms with van der Waals surface area (Å²) in [5.74, 6) is 1.44. The third-order valence-corrected chi connectivity index (χ3v) is 2.16. The molecule has 0 saturated heterocycles. The number of aryl methyl sites for hydroxylation is 1. The zero-order valence-corrected chi connectivity index (χ0v) is 9.01. The van der Waals surface area contributed by atoms with Gasteiger partial charge in [0.2, 0.25) is 0 Å². The summed E-state index contributed by atoms with van der Waals surface area (Å²) in [7, 11) is 0. The van der Waals surface area contributed by atoms with Gasteiger partial charge in [-0.25, -0.2) is 0 Å². The zero-order chi connectivity index (χ0) is 11.4. The Hall–Kier alpha value is -1.81. The van der Waals surface area contributed by atoms with E-state index >= 15 is 0 Å². The van der Waals surface area contributed by atoms with Gasteiger partial charge < -0.3 is 14.4 Å². The van der Waals surface area contributed by atoms with Gasteiger partial charge in [-0.3, -0.25) is 0 Å². The highest BCUT2D eigenvalue weighted by molar-refractivity contribution is 5.26. The summed E-state index contributed by atoms with van der Waals surface area (Å²) < 4.78 is 10.5. The van der Waals surface area contributed by atoms with Crippen LogP contribution in [0.15, 0.2) is 34.9 Å². The Morgan fingerprint density at radius 3 is 2.62 bits per heavy atom. The molecule has 2 aromatic rings. The number of nitrogens with zero attached hydrogens (tertiary/aromatic N) is 1. The van der Waals surface area contributed by atoms with Gasteiger partial charge in [0.1, 0.15) is 12.4 Å². The molecule has 1 heterocycles. The molecule has 0 saturated carbocycles. The van der Waals surface area contributed by atoms with Gasteiger partial charge in [0.15, 0.2) is 5.76 Å². The van der Waals surface area contributed by atoms with Crippen LogP contribution in [0.2, 0.25) is 0 Å². The Bertz CT molecular complexity index is 448. The normalized spacial score (nSPS) is 10.4. The van der Waals surface area contributed by atoms with Gasteiger partial charge in [-0.2, -0.15) is 0 Å². The maximum atomic E-state index is 8.88. The molecule has 0 aliphatic rings. The van der Waals surface area contributed by atoms with Crippen molar-refractivity contribution in [1.29, 1.82) is 0 Å². The third kappa shape index (κ3) is 2.61. The molecule has 1 aromatic carbocycles. The van der Waals surface area contributed by atoms with Gasteiger partial charge in [0.05, 0.1) is 12.3 Å². The van der Waals surface area contributed by atoms with Gasteiger partial charge in [-0.05, 0) is 24.6 Å². The smallest absolute Gasteiger partial charge is 0.174 e. The lowest BCUT2D eigenvalue weighted by Crippen LogP contribution is -1.94. The topological polar surface area (TPSA) is 55.5 Å². The van der Waals surface area contributed by atoms with Crippen LogP contribution in [0, 0.1) is 6.92 Å². The molecule has 1 aromatic heterocycles. The summed E-state index contributed by atoms with van der Waals surface area (Å²) >= 11 is 0. The van der Waals surface area contributed by atoms with Gasteiger partial charge in [-0.15, -0.1) is 0 Å². The number of aromatic nitrogens is 1. The van der Waals surface area contributed by atoms with E-state index in [2.05, 4.69) is 5.16 Å². The van der Waals surface area contributed by atoms with Gasteiger partial charge >= 0.3 is 0 Å². The van der Waals surface area contributed by atoms with Crippen LogP contribution in [0.4, 0.5) is 0 Å². The molecule has 2 rings (SSSR count). The van der Waals surface area contributed by atoms with E-state index in [-0.39, 0.29) is 6.61 Å². The van der Waals surface area contributed by atoms with Gasteiger partial charge in [-0.1, -0.05) is 17.3 Å². The number of aliphatic hydroxyl groups excluding tert-OH is 1. The van der Waals surface area contributed by atoms with Crippen LogP contribution in [-0.4, -0.2) is 10.3 Å². The van der Waals surface area contributed by atoms with Crippen LogP contribution in [0.25, 0.3) is 0 Å². The summed E-state index contributed by atoms with van der Waals surface area (Å²) in [5.41, 5.74) is 1.71. The SMILES string of the molecule is Cc1cc(COc2ccc(CO)cc2)on1. The molecule has 0 atom stereocenters. The monoisotopic (exact) mass is 219 g/mol. The molecular formula is C12H13NO3. The van der Waals surface area contributed by atoms with E-state index in [0.29, 0.717) is 12.4 Å². The number of aliphatic hydroxyl groups is 1. The summed E-state index contributed by atoms with van der Waals surface area (Å²) in [6.07, 6.45) is 0. The fourth-order valence-corrected chi connectivity index (χ4v) is 1.33. The molecule has 4 nitrogen and oxygen atoms in total. The Balaban J connectivity index is 1.94. The van der Waals surface area contributed by atoms with E-state index < -0.39 is 0 Å². The minimum Gasteiger partial charge on any atom is -0.486 e. The van der Waals surface area contributed by atoms with Crippen molar-refractivity contribution in [1.82, 2.24) is 5.16 Å². The van der Waals surface area contributed by atoms with E-state index in [4.69, 9.17) is 14.4 Å². The Morgan fingerprint density at radius 2 is 2.06 bits per heavy atom. The summed E-state index contributed by atoms with van der Waals surface area (Å²) in [6.45, 7) is 2.27. The predicted molar refractivity (Wildman–Crippen MR) is 57.9 cm³/mol. The molecular weight excluding hydrogens is 206 g/mol. The van der Waals surface area contributed by atoms with E-state index in [0.717, 1.165) is 17.0 Å². The lowest BCUT2D eigenvalue weighted by atomic mass is 10.2. The minimum atomic E-state index is 0.0432. The maximum Gasteiger partial charge on any atom is 0.174 e. The van der Waals surface area contributed by atoms with Crippen LogP contribution in [0.5, 0.6) is 5.75 Å². The molecule has 0 amide bonds. The first-order chi connectivity index (χ1) is 7.78. The van der Waals surface area contributed by atoms with Crippen molar-refractivity contribution >= 4 is 0 Å². The minimum absolute atomic E-state index is 0.0432. The van der Waals surface area contributed by atoms with Gasteiger partial charge in [0, 0.05) is 6.07 Å². The molecule has 4 heteroatoms. The lowest BCUT2D eigenvalue weighted by molar-refractivity contribution is 0.248. The van der Waals surface area contributed by atoms with Crippen molar-refractivity contribution in [2.24, 2.45) is 0 Å². The van der Waals surface area contributed by atoms with Crippen LogP contribution in [0.1, 0.15) is 17.0 Å². The second-order valence-corrected chi connectivity index (χ2v) is 3.53. The first-order valence-electron chi connectivity index (χ1n) is 5.03. The second-order valence-electron chi connectivity index (χ2n) is 3.53. The molecule has 0 spiro atoms.